The third-order valence-corrected chi connectivity index (χ3v) is 5.55. The van der Waals surface area contributed by atoms with Crippen molar-refractivity contribution < 1.29 is 27.6 Å². The Morgan fingerprint density at radius 3 is 1.77 bits per heavy atom. The van der Waals surface area contributed by atoms with Crippen LogP contribution in [-0.4, -0.2) is 36.3 Å². The Labute approximate surface area is 78.3 Å². The largest absolute Gasteiger partial charge is 0.811 e. The SMILES string of the molecule is CO[Si](CCP(=O)([O-])[O-])(OC)OC. The summed E-state index contributed by atoms with van der Waals surface area (Å²) in [6.07, 6.45) is -0.505. The summed E-state index contributed by atoms with van der Waals surface area (Å²) in [6, 6.07) is -0.0131. The van der Waals surface area contributed by atoms with Gasteiger partial charge in [-0.3, -0.25) is 0 Å². The quantitative estimate of drug-likeness (QED) is 0.418. The summed E-state index contributed by atoms with van der Waals surface area (Å²) in [5.41, 5.74) is 0. The maximum Gasteiger partial charge on any atom is 0.500 e. The molecule has 0 aromatic carbocycles. The fourth-order valence-corrected chi connectivity index (χ4v) is 4.13. The molecule has 0 heterocycles. The summed E-state index contributed by atoms with van der Waals surface area (Å²) in [7, 11) is -3.32. The molecule has 0 aliphatic heterocycles. The van der Waals surface area contributed by atoms with Gasteiger partial charge in [0.2, 0.25) is 0 Å². The molecule has 80 valence electrons. The molecular weight excluding hydrogens is 215 g/mol. The van der Waals surface area contributed by atoms with Gasteiger partial charge in [-0.25, -0.2) is 0 Å². The van der Waals surface area contributed by atoms with E-state index in [1.807, 2.05) is 0 Å². The second-order valence-corrected chi connectivity index (χ2v) is 7.14. The van der Waals surface area contributed by atoms with Gasteiger partial charge in [-0.1, -0.05) is 7.60 Å². The zero-order valence-electron chi connectivity index (χ0n) is 7.81. The van der Waals surface area contributed by atoms with Crippen LogP contribution in [0.1, 0.15) is 0 Å². The predicted molar refractivity (Wildman–Crippen MR) is 44.1 cm³/mol. The molecule has 0 saturated carbocycles. The zero-order chi connectivity index (χ0) is 10.5. The van der Waals surface area contributed by atoms with Crippen molar-refractivity contribution in [3.05, 3.63) is 0 Å². The predicted octanol–water partition coefficient (Wildman–Crippen LogP) is -1.22. The van der Waals surface area contributed by atoms with Crippen molar-refractivity contribution in [2.45, 2.75) is 6.04 Å². The Balaban J connectivity index is 4.19. The van der Waals surface area contributed by atoms with Crippen LogP contribution in [-0.2, 0) is 17.8 Å². The minimum Gasteiger partial charge on any atom is -0.811 e. The van der Waals surface area contributed by atoms with E-state index in [1.165, 1.54) is 21.3 Å². The molecular formula is C5H13O6PSi-2. The third kappa shape index (κ3) is 4.87. The van der Waals surface area contributed by atoms with E-state index in [1.54, 1.807) is 0 Å². The first-order valence-corrected chi connectivity index (χ1v) is 7.21. The van der Waals surface area contributed by atoms with E-state index in [2.05, 4.69) is 0 Å². The van der Waals surface area contributed by atoms with E-state index >= 15 is 0 Å². The molecule has 0 amide bonds. The third-order valence-electron chi connectivity index (χ3n) is 1.62. The Bertz CT molecular complexity index is 179. The highest BCUT2D eigenvalue weighted by atomic mass is 31.2. The van der Waals surface area contributed by atoms with Gasteiger partial charge in [0.05, 0.1) is 0 Å². The van der Waals surface area contributed by atoms with Gasteiger partial charge < -0.3 is 27.6 Å². The van der Waals surface area contributed by atoms with Gasteiger partial charge in [0.25, 0.3) is 0 Å². The van der Waals surface area contributed by atoms with Crippen molar-refractivity contribution in [1.82, 2.24) is 0 Å². The molecule has 0 aromatic rings. The van der Waals surface area contributed by atoms with Crippen molar-refractivity contribution in [3.8, 4) is 0 Å². The van der Waals surface area contributed by atoms with Crippen molar-refractivity contribution in [2.24, 2.45) is 0 Å². The first-order valence-electron chi connectivity index (χ1n) is 3.55. The van der Waals surface area contributed by atoms with E-state index in [0.29, 0.717) is 0 Å². The van der Waals surface area contributed by atoms with E-state index < -0.39 is 22.6 Å². The van der Waals surface area contributed by atoms with Gasteiger partial charge in [-0.2, -0.15) is 0 Å². The molecule has 0 aliphatic rings. The highest BCUT2D eigenvalue weighted by molar-refractivity contribution is 7.48. The zero-order valence-corrected chi connectivity index (χ0v) is 9.71. The molecule has 0 spiro atoms. The summed E-state index contributed by atoms with van der Waals surface area (Å²) >= 11 is 0. The lowest BCUT2D eigenvalue weighted by Gasteiger charge is -2.32. The van der Waals surface area contributed by atoms with Crippen molar-refractivity contribution in [3.63, 3.8) is 0 Å². The smallest absolute Gasteiger partial charge is 0.500 e. The molecule has 0 rings (SSSR count). The summed E-state index contributed by atoms with van der Waals surface area (Å²) in [4.78, 5) is 20.7. The van der Waals surface area contributed by atoms with Gasteiger partial charge in [0.15, 0.2) is 0 Å². The lowest BCUT2D eigenvalue weighted by molar-refractivity contribution is -0.313. The lowest BCUT2D eigenvalue weighted by atomic mass is 11.0. The molecule has 0 bridgehead atoms. The molecule has 0 atom stereocenters. The van der Waals surface area contributed by atoms with Crippen LogP contribution in [0, 0.1) is 0 Å². The van der Waals surface area contributed by atoms with E-state index in [9.17, 15) is 14.4 Å². The van der Waals surface area contributed by atoms with Crippen LogP contribution in [0.5, 0.6) is 0 Å². The molecule has 8 heteroatoms. The van der Waals surface area contributed by atoms with Crippen molar-refractivity contribution in [1.29, 1.82) is 0 Å². The summed E-state index contributed by atoms with van der Waals surface area (Å²) in [5, 5.41) is 0. The van der Waals surface area contributed by atoms with Crippen LogP contribution in [0.2, 0.25) is 6.04 Å². The van der Waals surface area contributed by atoms with E-state index in [4.69, 9.17) is 13.3 Å². The average molecular weight is 228 g/mol. The Hall–Kier alpha value is 0.247. The van der Waals surface area contributed by atoms with Gasteiger partial charge in [-0.05, 0) is 6.16 Å². The first-order chi connectivity index (χ1) is 5.89. The second kappa shape index (κ2) is 5.21. The summed E-state index contributed by atoms with van der Waals surface area (Å²) < 4.78 is 25.1. The molecule has 0 radical (unpaired) electrons. The van der Waals surface area contributed by atoms with Gasteiger partial charge in [0, 0.05) is 27.4 Å². The van der Waals surface area contributed by atoms with Gasteiger partial charge in [0.1, 0.15) is 0 Å². The highest BCUT2D eigenvalue weighted by Crippen LogP contribution is 2.28. The summed E-state index contributed by atoms with van der Waals surface area (Å²) in [6.45, 7) is 0. The minimum atomic E-state index is -4.51. The summed E-state index contributed by atoms with van der Waals surface area (Å²) in [5.74, 6) is 0. The van der Waals surface area contributed by atoms with Crippen LogP contribution in [0.25, 0.3) is 0 Å². The van der Waals surface area contributed by atoms with Crippen LogP contribution in [0.15, 0.2) is 0 Å². The number of rotatable bonds is 6. The molecule has 13 heavy (non-hydrogen) atoms. The maximum atomic E-state index is 10.4. The Morgan fingerprint density at radius 1 is 1.15 bits per heavy atom. The fraction of sp³-hybridized carbons (Fsp3) is 1.00. The van der Waals surface area contributed by atoms with E-state index in [0.717, 1.165) is 0 Å². The Morgan fingerprint density at radius 2 is 1.54 bits per heavy atom. The molecule has 0 aromatic heterocycles. The standard InChI is InChI=1S/C5H15O6PSi/c1-9-13(10-2,11-3)5-4-12(6,7)8/h4-5H2,1-3H3,(H2,6,7,8)/p-2. The normalized spacial score (nSPS) is 13.3. The Kier molecular flexibility index (Phi) is 5.31. The topological polar surface area (TPSA) is 90.9 Å². The second-order valence-electron chi connectivity index (χ2n) is 2.38. The van der Waals surface area contributed by atoms with Crippen LogP contribution < -0.4 is 9.79 Å². The molecule has 0 saturated heterocycles. The van der Waals surface area contributed by atoms with Gasteiger partial charge >= 0.3 is 8.80 Å². The number of hydrogen-bond donors (Lipinski definition) is 0. The van der Waals surface area contributed by atoms with Crippen molar-refractivity contribution in [2.75, 3.05) is 27.5 Å². The lowest BCUT2D eigenvalue weighted by Crippen LogP contribution is -2.44. The van der Waals surface area contributed by atoms with Crippen LogP contribution >= 0.6 is 7.60 Å². The molecule has 0 N–H and O–H groups in total. The van der Waals surface area contributed by atoms with Gasteiger partial charge in [-0.15, -0.1) is 0 Å². The molecule has 0 aliphatic carbocycles. The highest BCUT2D eigenvalue weighted by Gasteiger charge is 2.37. The first kappa shape index (κ1) is 13.2. The van der Waals surface area contributed by atoms with Crippen LogP contribution in [0.3, 0.4) is 0 Å². The van der Waals surface area contributed by atoms with Crippen LogP contribution in [0.4, 0.5) is 0 Å². The maximum absolute atomic E-state index is 10.4. The molecule has 0 fully saturated rings. The molecule has 0 unspecified atom stereocenters. The number of hydrogen-bond acceptors (Lipinski definition) is 6. The fourth-order valence-electron chi connectivity index (χ4n) is 0.830. The minimum absolute atomic E-state index is 0.0131. The average Bonchev–Trinajstić information content (AvgIpc) is 2.06. The van der Waals surface area contributed by atoms with Crippen molar-refractivity contribution >= 4 is 16.4 Å². The monoisotopic (exact) mass is 228 g/mol. The molecule has 6 nitrogen and oxygen atoms in total. The van der Waals surface area contributed by atoms with E-state index in [-0.39, 0.29) is 6.04 Å².